The highest BCUT2D eigenvalue weighted by atomic mass is 16.6. The van der Waals surface area contributed by atoms with Crippen LogP contribution >= 0.6 is 0 Å². The van der Waals surface area contributed by atoms with Gasteiger partial charge < -0.3 is 9.47 Å². The lowest BCUT2D eigenvalue weighted by Gasteiger charge is -2.25. The number of benzene rings is 3. The quantitative estimate of drug-likeness (QED) is 0.552. The van der Waals surface area contributed by atoms with Crippen LogP contribution in [0, 0.1) is 0 Å². The van der Waals surface area contributed by atoms with Gasteiger partial charge in [-0.05, 0) is 41.5 Å². The van der Waals surface area contributed by atoms with Crippen LogP contribution in [-0.4, -0.2) is 24.3 Å². The lowest BCUT2D eigenvalue weighted by atomic mass is 10.1. The van der Waals surface area contributed by atoms with Crippen LogP contribution in [0.1, 0.15) is 12.5 Å². The van der Waals surface area contributed by atoms with Gasteiger partial charge in [0.2, 0.25) is 6.10 Å². The smallest absolute Gasteiger partial charge is 0.284 e. The zero-order valence-corrected chi connectivity index (χ0v) is 15.5. The molecule has 0 saturated carbocycles. The third-order valence-electron chi connectivity index (χ3n) is 4.42. The summed E-state index contributed by atoms with van der Waals surface area (Å²) in [6.07, 6.45) is 3.03. The Bertz CT molecular complexity index is 1060. The fourth-order valence-corrected chi connectivity index (χ4v) is 2.92. The average molecular weight is 372 g/mol. The predicted octanol–water partition coefficient (Wildman–Crippen LogP) is 4.19. The van der Waals surface area contributed by atoms with Crippen molar-refractivity contribution in [2.75, 3.05) is 6.61 Å². The molecule has 5 nitrogen and oxygen atoms in total. The van der Waals surface area contributed by atoms with Crippen LogP contribution in [0.4, 0.5) is 0 Å². The maximum absolute atomic E-state index is 12.4. The number of carbonyl (C=O) groups is 1. The topological polar surface area (TPSA) is 59.9 Å². The second kappa shape index (κ2) is 7.96. The molecular formula is C23H20N2O3. The summed E-state index contributed by atoms with van der Waals surface area (Å²) in [5.41, 5.74) is 4.30. The number of fused-ring (bicyclic) bond motifs is 2. The molecule has 1 heterocycles. The Morgan fingerprint density at radius 1 is 1.04 bits per heavy atom. The van der Waals surface area contributed by atoms with Gasteiger partial charge in [-0.15, -0.1) is 0 Å². The summed E-state index contributed by atoms with van der Waals surface area (Å²) in [4.78, 5) is 12.4. The number of allylic oxidation sites excluding steroid dienone is 1. The normalized spacial score (nSPS) is 16.3. The van der Waals surface area contributed by atoms with Gasteiger partial charge in [0.1, 0.15) is 6.61 Å². The number of ether oxygens (including phenoxy) is 2. The molecule has 0 radical (unpaired) electrons. The second-order valence-corrected chi connectivity index (χ2v) is 6.54. The first-order valence-corrected chi connectivity index (χ1v) is 9.08. The first-order chi connectivity index (χ1) is 13.7. The molecule has 0 spiro atoms. The Balaban J connectivity index is 1.40. The van der Waals surface area contributed by atoms with E-state index in [1.54, 1.807) is 0 Å². The highest BCUT2D eigenvalue weighted by Crippen LogP contribution is 2.35. The van der Waals surface area contributed by atoms with Gasteiger partial charge in [0.25, 0.3) is 5.91 Å². The minimum Gasteiger partial charge on any atom is -0.485 e. The van der Waals surface area contributed by atoms with E-state index in [-0.39, 0.29) is 12.5 Å². The molecule has 1 aliphatic heterocycles. The number of rotatable bonds is 4. The van der Waals surface area contributed by atoms with E-state index in [9.17, 15) is 4.79 Å². The summed E-state index contributed by atoms with van der Waals surface area (Å²) in [7, 11) is 0. The summed E-state index contributed by atoms with van der Waals surface area (Å²) in [6, 6.07) is 21.7. The molecule has 1 aliphatic rings. The Kier molecular flexibility index (Phi) is 5.06. The zero-order valence-electron chi connectivity index (χ0n) is 15.5. The average Bonchev–Trinajstić information content (AvgIpc) is 2.74. The van der Waals surface area contributed by atoms with Crippen molar-refractivity contribution < 1.29 is 14.3 Å². The molecule has 4 rings (SSSR count). The lowest BCUT2D eigenvalue weighted by Crippen LogP contribution is -2.42. The Labute approximate surface area is 163 Å². The van der Waals surface area contributed by atoms with Crippen molar-refractivity contribution >= 4 is 28.5 Å². The van der Waals surface area contributed by atoms with Gasteiger partial charge in [0.05, 0.1) is 5.71 Å². The number of hydrogen-bond acceptors (Lipinski definition) is 4. The van der Waals surface area contributed by atoms with E-state index in [2.05, 4.69) is 10.5 Å². The van der Waals surface area contributed by atoms with E-state index >= 15 is 0 Å². The highest BCUT2D eigenvalue weighted by molar-refractivity contribution is 5.97. The molecule has 140 valence electrons. The van der Waals surface area contributed by atoms with Gasteiger partial charge in [-0.25, -0.2) is 5.43 Å². The summed E-state index contributed by atoms with van der Waals surface area (Å²) < 4.78 is 11.6. The van der Waals surface area contributed by atoms with E-state index in [0.717, 1.165) is 16.3 Å². The fourth-order valence-electron chi connectivity index (χ4n) is 2.92. The lowest BCUT2D eigenvalue weighted by molar-refractivity contribution is -0.130. The van der Waals surface area contributed by atoms with Gasteiger partial charge in [-0.3, -0.25) is 4.79 Å². The fraction of sp³-hybridized carbons (Fsp3) is 0.130. The van der Waals surface area contributed by atoms with Crippen molar-refractivity contribution in [2.24, 2.45) is 5.10 Å². The number of hydrazone groups is 1. The van der Waals surface area contributed by atoms with Gasteiger partial charge >= 0.3 is 0 Å². The van der Waals surface area contributed by atoms with E-state index < -0.39 is 6.10 Å². The van der Waals surface area contributed by atoms with Gasteiger partial charge in [0.15, 0.2) is 11.5 Å². The maximum Gasteiger partial charge on any atom is 0.284 e. The third-order valence-corrected chi connectivity index (χ3v) is 4.42. The molecule has 3 aromatic carbocycles. The molecular weight excluding hydrogens is 352 g/mol. The summed E-state index contributed by atoms with van der Waals surface area (Å²) >= 11 is 0. The van der Waals surface area contributed by atoms with Gasteiger partial charge in [-0.1, -0.05) is 60.7 Å². The van der Waals surface area contributed by atoms with Crippen LogP contribution in [0.25, 0.3) is 16.8 Å². The Morgan fingerprint density at radius 3 is 2.46 bits per heavy atom. The largest absolute Gasteiger partial charge is 0.485 e. The first kappa shape index (κ1) is 17.8. The van der Waals surface area contributed by atoms with Crippen LogP contribution in [0.2, 0.25) is 0 Å². The third kappa shape index (κ3) is 4.04. The number of amides is 1. The first-order valence-electron chi connectivity index (χ1n) is 9.08. The molecule has 0 aliphatic carbocycles. The molecule has 1 atom stereocenters. The summed E-state index contributed by atoms with van der Waals surface area (Å²) in [5, 5.41) is 6.22. The van der Waals surface area contributed by atoms with Crippen molar-refractivity contribution in [3.63, 3.8) is 0 Å². The van der Waals surface area contributed by atoms with Crippen LogP contribution in [0.5, 0.6) is 11.5 Å². The molecule has 1 N–H and O–H groups in total. The van der Waals surface area contributed by atoms with Gasteiger partial charge in [0, 0.05) is 0 Å². The summed E-state index contributed by atoms with van der Waals surface area (Å²) in [5.74, 6) is 0.870. The van der Waals surface area contributed by atoms with Crippen molar-refractivity contribution in [3.8, 4) is 11.5 Å². The Hall–Kier alpha value is -3.60. The minimum atomic E-state index is -0.747. The van der Waals surface area contributed by atoms with Crippen LogP contribution in [0.3, 0.4) is 0 Å². The van der Waals surface area contributed by atoms with E-state index in [4.69, 9.17) is 9.47 Å². The molecule has 1 amide bonds. The number of carbonyl (C=O) groups excluding carboxylic acids is 1. The monoisotopic (exact) mass is 372 g/mol. The van der Waals surface area contributed by atoms with E-state index in [0.29, 0.717) is 17.2 Å². The number of nitrogens with zero attached hydrogens (tertiary/aromatic N) is 1. The molecule has 0 fully saturated rings. The summed E-state index contributed by atoms with van der Waals surface area (Å²) in [6.45, 7) is 1.96. The standard InChI is InChI=1S/C23H20N2O3/c1-16(11-12-17-7-3-2-4-8-17)24-25-23(26)22-15-27-20-13-18-9-5-6-10-19(18)14-21(20)28-22/h2-14,22H,15H2,1H3,(H,25,26)/b12-11-,24-16?/t22-/m0/s1. The number of hydrogen-bond donors (Lipinski definition) is 1. The van der Waals surface area contributed by atoms with Crippen LogP contribution in [0.15, 0.2) is 77.9 Å². The number of nitrogens with one attached hydrogen (secondary N) is 1. The molecule has 5 heteroatoms. The van der Waals surface area contributed by atoms with Crippen molar-refractivity contribution in [3.05, 3.63) is 78.4 Å². The van der Waals surface area contributed by atoms with Crippen molar-refractivity contribution in [1.82, 2.24) is 5.43 Å². The SMILES string of the molecule is CC(/C=C\c1ccccc1)=NNC(=O)[C@@H]1COc2cc3ccccc3cc2O1. The second-order valence-electron chi connectivity index (χ2n) is 6.54. The van der Waals surface area contributed by atoms with Crippen LogP contribution in [-0.2, 0) is 4.79 Å². The molecule has 0 saturated heterocycles. The molecule has 0 bridgehead atoms. The molecule has 3 aromatic rings. The van der Waals surface area contributed by atoms with E-state index in [1.807, 2.05) is 85.8 Å². The molecule has 0 unspecified atom stereocenters. The van der Waals surface area contributed by atoms with Crippen molar-refractivity contribution in [2.45, 2.75) is 13.0 Å². The zero-order chi connectivity index (χ0) is 19.3. The molecule has 28 heavy (non-hydrogen) atoms. The van der Waals surface area contributed by atoms with Crippen LogP contribution < -0.4 is 14.9 Å². The van der Waals surface area contributed by atoms with Gasteiger partial charge in [-0.2, -0.15) is 5.10 Å². The Morgan fingerprint density at radius 2 is 1.71 bits per heavy atom. The predicted molar refractivity (Wildman–Crippen MR) is 111 cm³/mol. The molecule has 0 aromatic heterocycles. The van der Waals surface area contributed by atoms with E-state index in [1.165, 1.54) is 0 Å². The van der Waals surface area contributed by atoms with Crippen molar-refractivity contribution in [1.29, 1.82) is 0 Å². The minimum absolute atomic E-state index is 0.144. The highest BCUT2D eigenvalue weighted by Gasteiger charge is 2.27. The maximum atomic E-state index is 12.4.